The van der Waals surface area contributed by atoms with Crippen LogP contribution in [0.2, 0.25) is 0 Å². The van der Waals surface area contributed by atoms with E-state index in [1.54, 1.807) is 0 Å². The lowest BCUT2D eigenvalue weighted by molar-refractivity contribution is 0.0407. The highest BCUT2D eigenvalue weighted by Crippen LogP contribution is 2.38. The van der Waals surface area contributed by atoms with Crippen molar-refractivity contribution in [1.29, 1.82) is 0 Å². The van der Waals surface area contributed by atoms with Crippen molar-refractivity contribution in [2.45, 2.75) is 45.6 Å². The molecule has 1 aliphatic carbocycles. The van der Waals surface area contributed by atoms with Gasteiger partial charge in [0, 0.05) is 32.2 Å². The summed E-state index contributed by atoms with van der Waals surface area (Å²) in [6, 6.07) is 0.846. The van der Waals surface area contributed by atoms with E-state index in [1.807, 2.05) is 0 Å². The van der Waals surface area contributed by atoms with Crippen LogP contribution in [-0.2, 0) is 0 Å². The molecule has 82 valence electrons. The molecule has 1 saturated heterocycles. The first-order chi connectivity index (χ1) is 6.70. The van der Waals surface area contributed by atoms with Crippen LogP contribution >= 0.6 is 0 Å². The second-order valence-electron chi connectivity index (χ2n) is 5.54. The summed E-state index contributed by atoms with van der Waals surface area (Å²) in [6.07, 6.45) is 5.72. The van der Waals surface area contributed by atoms with Crippen LogP contribution in [0.4, 0.5) is 0 Å². The topological polar surface area (TPSA) is 15.3 Å². The monoisotopic (exact) mass is 196 g/mol. The van der Waals surface area contributed by atoms with E-state index < -0.39 is 0 Å². The molecule has 2 fully saturated rings. The van der Waals surface area contributed by atoms with Crippen LogP contribution in [0.3, 0.4) is 0 Å². The molecule has 0 aromatic rings. The maximum Gasteiger partial charge on any atom is 0.0147 e. The molecule has 1 atom stereocenters. The lowest BCUT2D eigenvalue weighted by Crippen LogP contribution is -2.54. The van der Waals surface area contributed by atoms with E-state index in [1.165, 1.54) is 51.9 Å². The van der Waals surface area contributed by atoms with Crippen molar-refractivity contribution in [3.05, 3.63) is 0 Å². The molecule has 2 heteroatoms. The minimum absolute atomic E-state index is 0.551. The molecule has 0 aromatic heterocycles. The summed E-state index contributed by atoms with van der Waals surface area (Å²) in [5.74, 6) is 0. The molecular formula is C12H24N2. The number of nitrogens with zero attached hydrogens (tertiary/aromatic N) is 1. The Morgan fingerprint density at radius 1 is 1.14 bits per heavy atom. The number of piperazine rings is 1. The first-order valence-electron chi connectivity index (χ1n) is 6.15. The zero-order valence-corrected chi connectivity index (χ0v) is 9.68. The summed E-state index contributed by atoms with van der Waals surface area (Å²) in [7, 11) is 0. The summed E-state index contributed by atoms with van der Waals surface area (Å²) in [5.41, 5.74) is 0.551. The molecule has 1 unspecified atom stereocenters. The van der Waals surface area contributed by atoms with Gasteiger partial charge in [0.1, 0.15) is 0 Å². The Labute approximate surface area is 88.1 Å². The highest BCUT2D eigenvalue weighted by Gasteiger charge is 2.36. The fraction of sp³-hybridized carbons (Fsp3) is 1.00. The van der Waals surface area contributed by atoms with Crippen molar-refractivity contribution < 1.29 is 0 Å². The minimum Gasteiger partial charge on any atom is -0.314 e. The van der Waals surface area contributed by atoms with Crippen molar-refractivity contribution in [2.75, 3.05) is 26.2 Å². The van der Waals surface area contributed by atoms with Gasteiger partial charge in [-0.15, -0.1) is 0 Å². The van der Waals surface area contributed by atoms with Gasteiger partial charge in [-0.1, -0.05) is 26.7 Å². The first-order valence-corrected chi connectivity index (χ1v) is 6.15. The third-order valence-corrected chi connectivity index (χ3v) is 4.04. The van der Waals surface area contributed by atoms with E-state index in [9.17, 15) is 0 Å². The maximum atomic E-state index is 3.44. The summed E-state index contributed by atoms with van der Waals surface area (Å²) in [4.78, 5) is 2.72. The van der Waals surface area contributed by atoms with Crippen molar-refractivity contribution in [3.63, 3.8) is 0 Å². The van der Waals surface area contributed by atoms with Crippen LogP contribution in [0.25, 0.3) is 0 Å². The summed E-state index contributed by atoms with van der Waals surface area (Å²) >= 11 is 0. The van der Waals surface area contributed by atoms with Gasteiger partial charge < -0.3 is 5.32 Å². The van der Waals surface area contributed by atoms with Gasteiger partial charge in [0.15, 0.2) is 0 Å². The highest BCUT2D eigenvalue weighted by molar-refractivity contribution is 4.91. The molecule has 0 bridgehead atoms. The Bertz CT molecular complexity index is 183. The van der Waals surface area contributed by atoms with E-state index in [4.69, 9.17) is 0 Å². The quantitative estimate of drug-likeness (QED) is 0.688. The molecule has 0 amide bonds. The van der Waals surface area contributed by atoms with Gasteiger partial charge in [0.2, 0.25) is 0 Å². The Morgan fingerprint density at radius 3 is 2.50 bits per heavy atom. The Morgan fingerprint density at radius 2 is 1.86 bits per heavy atom. The third kappa shape index (κ3) is 2.12. The molecule has 2 nitrogen and oxygen atoms in total. The van der Waals surface area contributed by atoms with Crippen molar-refractivity contribution in [3.8, 4) is 0 Å². The zero-order chi connectivity index (χ0) is 10.0. The van der Waals surface area contributed by atoms with E-state index in [2.05, 4.69) is 24.1 Å². The van der Waals surface area contributed by atoms with Gasteiger partial charge in [-0.25, -0.2) is 0 Å². The summed E-state index contributed by atoms with van der Waals surface area (Å²) in [6.45, 7) is 9.80. The fourth-order valence-electron chi connectivity index (χ4n) is 3.15. The molecule has 0 spiro atoms. The number of hydrogen-bond donors (Lipinski definition) is 1. The van der Waals surface area contributed by atoms with Crippen LogP contribution < -0.4 is 5.32 Å². The van der Waals surface area contributed by atoms with Crippen LogP contribution in [0.5, 0.6) is 0 Å². The smallest absolute Gasteiger partial charge is 0.0147 e. The zero-order valence-electron chi connectivity index (χ0n) is 9.68. The van der Waals surface area contributed by atoms with Gasteiger partial charge in [0.25, 0.3) is 0 Å². The fourth-order valence-corrected chi connectivity index (χ4v) is 3.15. The standard InChI is InChI=1S/C12H24N2/c1-12(2)6-4-3-5-11(12)14-9-7-13-8-10-14/h11,13H,3-10H2,1-2H3. The normalized spacial score (nSPS) is 34.3. The van der Waals surface area contributed by atoms with Gasteiger partial charge >= 0.3 is 0 Å². The second-order valence-corrected chi connectivity index (χ2v) is 5.54. The number of nitrogens with one attached hydrogen (secondary N) is 1. The number of hydrogen-bond acceptors (Lipinski definition) is 2. The van der Waals surface area contributed by atoms with Crippen molar-refractivity contribution in [2.24, 2.45) is 5.41 Å². The lowest BCUT2D eigenvalue weighted by atomic mass is 9.72. The predicted molar refractivity (Wildman–Crippen MR) is 60.5 cm³/mol. The predicted octanol–water partition coefficient (Wildman–Crippen LogP) is 1.86. The third-order valence-electron chi connectivity index (χ3n) is 4.04. The molecule has 0 radical (unpaired) electrons. The maximum absolute atomic E-state index is 3.44. The SMILES string of the molecule is CC1(C)CCCCC1N1CCNCC1. The van der Waals surface area contributed by atoms with Crippen LogP contribution in [0, 0.1) is 5.41 Å². The molecule has 1 N–H and O–H groups in total. The molecule has 14 heavy (non-hydrogen) atoms. The Kier molecular flexibility index (Phi) is 3.13. The van der Waals surface area contributed by atoms with E-state index in [0.29, 0.717) is 5.41 Å². The van der Waals surface area contributed by atoms with Crippen molar-refractivity contribution >= 4 is 0 Å². The summed E-state index contributed by atoms with van der Waals surface area (Å²) in [5, 5.41) is 3.44. The molecule has 2 aliphatic rings. The average molecular weight is 196 g/mol. The summed E-state index contributed by atoms with van der Waals surface area (Å²) < 4.78 is 0. The first kappa shape index (κ1) is 10.4. The van der Waals surface area contributed by atoms with Crippen LogP contribution in [-0.4, -0.2) is 37.1 Å². The second kappa shape index (κ2) is 4.19. The average Bonchev–Trinajstić information content (AvgIpc) is 2.18. The van der Waals surface area contributed by atoms with Gasteiger partial charge in [-0.05, 0) is 18.3 Å². The molecular weight excluding hydrogens is 172 g/mol. The highest BCUT2D eigenvalue weighted by atomic mass is 15.2. The molecule has 2 rings (SSSR count). The van der Waals surface area contributed by atoms with E-state index >= 15 is 0 Å². The minimum atomic E-state index is 0.551. The largest absolute Gasteiger partial charge is 0.314 e. The Hall–Kier alpha value is -0.0800. The number of rotatable bonds is 1. The molecule has 1 heterocycles. The van der Waals surface area contributed by atoms with Crippen molar-refractivity contribution in [1.82, 2.24) is 10.2 Å². The van der Waals surface area contributed by atoms with Gasteiger partial charge in [0.05, 0.1) is 0 Å². The molecule has 1 saturated carbocycles. The van der Waals surface area contributed by atoms with Crippen LogP contribution in [0.15, 0.2) is 0 Å². The van der Waals surface area contributed by atoms with E-state index in [0.717, 1.165) is 6.04 Å². The van der Waals surface area contributed by atoms with Gasteiger partial charge in [-0.2, -0.15) is 0 Å². The van der Waals surface area contributed by atoms with Crippen LogP contribution in [0.1, 0.15) is 39.5 Å². The molecule has 1 aliphatic heterocycles. The van der Waals surface area contributed by atoms with Gasteiger partial charge in [-0.3, -0.25) is 4.90 Å². The lowest BCUT2D eigenvalue weighted by Gasteiger charge is -2.46. The molecule has 0 aromatic carbocycles. The Balaban J connectivity index is 1.99. The van der Waals surface area contributed by atoms with E-state index in [-0.39, 0.29) is 0 Å².